The molecule has 0 aliphatic rings. The van der Waals surface area contributed by atoms with Gasteiger partial charge >= 0.3 is 0 Å². The summed E-state index contributed by atoms with van der Waals surface area (Å²) in [4.78, 5) is 12.6. The highest BCUT2D eigenvalue weighted by Crippen LogP contribution is 2.34. The number of carbonyl (C=O) groups is 1. The average molecular weight is 469 g/mol. The van der Waals surface area contributed by atoms with Crippen molar-refractivity contribution in [2.24, 2.45) is 0 Å². The summed E-state index contributed by atoms with van der Waals surface area (Å²) in [6, 6.07) is 10.8. The first-order valence-corrected chi connectivity index (χ1v) is 9.80. The molecule has 0 saturated carbocycles. The van der Waals surface area contributed by atoms with Gasteiger partial charge in [0, 0.05) is 11.3 Å². The zero-order valence-electron chi connectivity index (χ0n) is 15.3. The fourth-order valence-electron chi connectivity index (χ4n) is 2.31. The van der Waals surface area contributed by atoms with E-state index < -0.39 is 0 Å². The SMILES string of the molecule is CCCOc1c(I)cc(C(=O)Nc2ccc(OCC)cc2)cc1OCC. The molecule has 0 heterocycles. The van der Waals surface area contributed by atoms with Crippen LogP contribution in [0.25, 0.3) is 0 Å². The molecule has 0 aliphatic heterocycles. The molecule has 0 fully saturated rings. The number of ether oxygens (including phenoxy) is 3. The molecule has 1 amide bonds. The Morgan fingerprint density at radius 2 is 1.69 bits per heavy atom. The van der Waals surface area contributed by atoms with Crippen LogP contribution in [0.1, 0.15) is 37.6 Å². The number of hydrogen-bond acceptors (Lipinski definition) is 4. The van der Waals surface area contributed by atoms with E-state index in [0.29, 0.717) is 42.6 Å². The van der Waals surface area contributed by atoms with Gasteiger partial charge in [-0.25, -0.2) is 0 Å². The molecule has 140 valence electrons. The van der Waals surface area contributed by atoms with Crippen LogP contribution in [0.4, 0.5) is 5.69 Å². The minimum atomic E-state index is -0.199. The van der Waals surface area contributed by atoms with Crippen LogP contribution in [0, 0.1) is 3.57 Å². The van der Waals surface area contributed by atoms with Crippen molar-refractivity contribution in [1.82, 2.24) is 0 Å². The normalized spacial score (nSPS) is 10.3. The third-order valence-corrected chi connectivity index (χ3v) is 4.25. The second kappa shape index (κ2) is 10.3. The van der Waals surface area contributed by atoms with Crippen molar-refractivity contribution in [3.05, 3.63) is 45.5 Å². The molecule has 2 aromatic carbocycles. The fraction of sp³-hybridized carbons (Fsp3) is 0.350. The fourth-order valence-corrected chi connectivity index (χ4v) is 3.07. The van der Waals surface area contributed by atoms with Crippen LogP contribution in [0.5, 0.6) is 17.2 Å². The van der Waals surface area contributed by atoms with Crippen molar-refractivity contribution < 1.29 is 19.0 Å². The standard InChI is InChI=1S/C20H24INO4/c1-4-11-26-19-17(21)12-14(13-18(19)25-6-3)20(23)22-15-7-9-16(10-8-15)24-5-2/h7-10,12-13H,4-6,11H2,1-3H3,(H,22,23). The largest absolute Gasteiger partial charge is 0.494 e. The summed E-state index contributed by atoms with van der Waals surface area (Å²) in [5, 5.41) is 2.89. The molecule has 0 atom stereocenters. The van der Waals surface area contributed by atoms with Gasteiger partial charge in [0.15, 0.2) is 11.5 Å². The van der Waals surface area contributed by atoms with Gasteiger partial charge in [-0.3, -0.25) is 4.79 Å². The molecule has 0 bridgehead atoms. The second-order valence-corrected chi connectivity index (χ2v) is 6.64. The highest BCUT2D eigenvalue weighted by atomic mass is 127. The van der Waals surface area contributed by atoms with Crippen molar-refractivity contribution in [1.29, 1.82) is 0 Å². The van der Waals surface area contributed by atoms with Crippen LogP contribution in [0.15, 0.2) is 36.4 Å². The molecule has 6 heteroatoms. The van der Waals surface area contributed by atoms with Crippen LogP contribution < -0.4 is 19.5 Å². The molecule has 0 spiro atoms. The molecule has 5 nitrogen and oxygen atoms in total. The molecular weight excluding hydrogens is 445 g/mol. The molecular formula is C20H24INO4. The Balaban J connectivity index is 2.19. The highest BCUT2D eigenvalue weighted by molar-refractivity contribution is 14.1. The van der Waals surface area contributed by atoms with Crippen LogP contribution >= 0.6 is 22.6 Å². The quantitative estimate of drug-likeness (QED) is 0.518. The van der Waals surface area contributed by atoms with Crippen molar-refractivity contribution >= 4 is 34.2 Å². The molecule has 0 unspecified atom stereocenters. The Labute approximate surface area is 168 Å². The number of nitrogens with one attached hydrogen (secondary N) is 1. The average Bonchev–Trinajstić information content (AvgIpc) is 2.63. The van der Waals surface area contributed by atoms with E-state index in [1.807, 2.05) is 45.0 Å². The van der Waals surface area contributed by atoms with E-state index in [0.717, 1.165) is 15.7 Å². The highest BCUT2D eigenvalue weighted by Gasteiger charge is 2.16. The maximum absolute atomic E-state index is 12.6. The molecule has 26 heavy (non-hydrogen) atoms. The van der Waals surface area contributed by atoms with Crippen LogP contribution in [-0.4, -0.2) is 25.7 Å². The van der Waals surface area contributed by atoms with E-state index in [4.69, 9.17) is 14.2 Å². The predicted octanol–water partition coefficient (Wildman–Crippen LogP) is 5.13. The Bertz CT molecular complexity index is 731. The summed E-state index contributed by atoms with van der Waals surface area (Å²) in [6.07, 6.45) is 0.904. The summed E-state index contributed by atoms with van der Waals surface area (Å²) in [6.45, 7) is 7.60. The molecule has 2 aromatic rings. The minimum Gasteiger partial charge on any atom is -0.494 e. The predicted molar refractivity (Wildman–Crippen MR) is 112 cm³/mol. The number of hydrogen-bond donors (Lipinski definition) is 1. The minimum absolute atomic E-state index is 0.199. The lowest BCUT2D eigenvalue weighted by Gasteiger charge is -2.15. The lowest BCUT2D eigenvalue weighted by Crippen LogP contribution is -2.13. The third-order valence-electron chi connectivity index (χ3n) is 3.45. The van der Waals surface area contributed by atoms with Crippen LogP contribution in [0.3, 0.4) is 0 Å². The van der Waals surface area contributed by atoms with E-state index in [1.165, 1.54) is 0 Å². The van der Waals surface area contributed by atoms with Gasteiger partial charge in [-0.2, -0.15) is 0 Å². The van der Waals surface area contributed by atoms with Crippen LogP contribution in [0.2, 0.25) is 0 Å². The van der Waals surface area contributed by atoms with Crippen LogP contribution in [-0.2, 0) is 0 Å². The van der Waals surface area contributed by atoms with Gasteiger partial charge < -0.3 is 19.5 Å². The summed E-state index contributed by atoms with van der Waals surface area (Å²) in [5.74, 6) is 1.85. The van der Waals surface area contributed by atoms with E-state index in [-0.39, 0.29) is 5.91 Å². The molecule has 0 aromatic heterocycles. The Hall–Kier alpha value is -1.96. The molecule has 0 saturated heterocycles. The number of amides is 1. The third kappa shape index (κ3) is 5.52. The van der Waals surface area contributed by atoms with E-state index in [1.54, 1.807) is 12.1 Å². The van der Waals surface area contributed by atoms with Crippen molar-refractivity contribution in [2.45, 2.75) is 27.2 Å². The molecule has 2 rings (SSSR count). The van der Waals surface area contributed by atoms with Gasteiger partial charge in [-0.1, -0.05) is 6.92 Å². The zero-order chi connectivity index (χ0) is 18.9. The lowest BCUT2D eigenvalue weighted by atomic mass is 10.1. The topological polar surface area (TPSA) is 56.8 Å². The molecule has 0 radical (unpaired) electrons. The summed E-state index contributed by atoms with van der Waals surface area (Å²) < 4.78 is 17.7. The monoisotopic (exact) mass is 469 g/mol. The summed E-state index contributed by atoms with van der Waals surface area (Å²) in [5.41, 5.74) is 1.23. The first kappa shape index (κ1) is 20.4. The van der Waals surface area contributed by atoms with Gasteiger partial charge in [-0.05, 0) is 79.3 Å². The number of benzene rings is 2. The van der Waals surface area contributed by atoms with Crippen molar-refractivity contribution in [3.63, 3.8) is 0 Å². The van der Waals surface area contributed by atoms with Gasteiger partial charge in [0.1, 0.15) is 5.75 Å². The molecule has 0 aliphatic carbocycles. The van der Waals surface area contributed by atoms with Crippen molar-refractivity contribution in [3.8, 4) is 17.2 Å². The van der Waals surface area contributed by atoms with Crippen molar-refractivity contribution in [2.75, 3.05) is 25.1 Å². The molecule has 1 N–H and O–H groups in total. The zero-order valence-corrected chi connectivity index (χ0v) is 17.5. The van der Waals surface area contributed by atoms with Gasteiger partial charge in [-0.15, -0.1) is 0 Å². The Morgan fingerprint density at radius 1 is 1.00 bits per heavy atom. The Kier molecular flexibility index (Phi) is 8.03. The Morgan fingerprint density at radius 3 is 2.31 bits per heavy atom. The lowest BCUT2D eigenvalue weighted by molar-refractivity contribution is 0.102. The maximum Gasteiger partial charge on any atom is 0.255 e. The van der Waals surface area contributed by atoms with E-state index >= 15 is 0 Å². The van der Waals surface area contributed by atoms with Gasteiger partial charge in [0.2, 0.25) is 0 Å². The van der Waals surface area contributed by atoms with E-state index in [9.17, 15) is 4.79 Å². The summed E-state index contributed by atoms with van der Waals surface area (Å²) >= 11 is 2.17. The second-order valence-electron chi connectivity index (χ2n) is 5.48. The maximum atomic E-state index is 12.6. The summed E-state index contributed by atoms with van der Waals surface area (Å²) in [7, 11) is 0. The first-order valence-electron chi connectivity index (χ1n) is 8.72. The number of anilines is 1. The smallest absolute Gasteiger partial charge is 0.255 e. The number of rotatable bonds is 9. The van der Waals surface area contributed by atoms with Gasteiger partial charge in [0.25, 0.3) is 5.91 Å². The number of carbonyl (C=O) groups excluding carboxylic acids is 1. The first-order chi connectivity index (χ1) is 12.6. The van der Waals surface area contributed by atoms with E-state index in [2.05, 4.69) is 27.9 Å². The number of halogens is 1. The van der Waals surface area contributed by atoms with Gasteiger partial charge in [0.05, 0.1) is 23.4 Å².